The highest BCUT2D eigenvalue weighted by atomic mass is 15.3. The molecule has 1 aliphatic heterocycles. The number of piperazine rings is 1. The van der Waals surface area contributed by atoms with E-state index in [-0.39, 0.29) is 0 Å². The summed E-state index contributed by atoms with van der Waals surface area (Å²) in [5.74, 6) is 1.88. The van der Waals surface area contributed by atoms with Gasteiger partial charge in [-0.2, -0.15) is 0 Å². The summed E-state index contributed by atoms with van der Waals surface area (Å²) in [7, 11) is 0. The van der Waals surface area contributed by atoms with E-state index in [1.807, 2.05) is 0 Å². The Morgan fingerprint density at radius 2 is 1.37 bits per heavy atom. The third kappa shape index (κ3) is 3.95. The molecule has 1 saturated carbocycles. The fourth-order valence-electron chi connectivity index (χ4n) is 3.89. The van der Waals surface area contributed by atoms with Crippen molar-refractivity contribution in [1.29, 1.82) is 0 Å². The van der Waals surface area contributed by atoms with Crippen LogP contribution in [-0.2, 0) is 0 Å². The number of rotatable bonds is 2. The van der Waals surface area contributed by atoms with Crippen molar-refractivity contribution in [3.05, 3.63) is 0 Å². The minimum atomic E-state index is 0.349. The average Bonchev–Trinajstić information content (AvgIpc) is 2.38. The minimum absolute atomic E-state index is 0.349. The van der Waals surface area contributed by atoms with Crippen molar-refractivity contribution >= 4 is 0 Å². The normalized spacial score (nSPS) is 31.9. The Morgan fingerprint density at radius 1 is 0.842 bits per heavy atom. The van der Waals surface area contributed by atoms with Crippen molar-refractivity contribution in [3.8, 4) is 0 Å². The first-order valence-corrected chi connectivity index (χ1v) is 8.37. The molecule has 0 bridgehead atoms. The first-order chi connectivity index (χ1) is 8.88. The molecule has 0 atom stereocenters. The van der Waals surface area contributed by atoms with E-state index in [1.54, 1.807) is 0 Å². The first kappa shape index (κ1) is 15.3. The smallest absolute Gasteiger partial charge is 0.0126 e. The summed E-state index contributed by atoms with van der Waals surface area (Å²) in [5, 5.41) is 0. The van der Waals surface area contributed by atoms with Crippen LogP contribution in [0.2, 0.25) is 0 Å². The highest BCUT2D eigenvalue weighted by Gasteiger charge is 2.31. The zero-order chi connectivity index (χ0) is 14.0. The van der Waals surface area contributed by atoms with Crippen molar-refractivity contribution in [2.45, 2.75) is 71.9 Å². The molecule has 0 aromatic rings. The van der Waals surface area contributed by atoms with E-state index in [1.165, 1.54) is 51.9 Å². The van der Waals surface area contributed by atoms with Crippen LogP contribution in [0.3, 0.4) is 0 Å². The molecule has 0 aromatic carbocycles. The van der Waals surface area contributed by atoms with Crippen molar-refractivity contribution in [1.82, 2.24) is 9.80 Å². The summed E-state index contributed by atoms with van der Waals surface area (Å²) in [4.78, 5) is 5.42. The fraction of sp³-hybridized carbons (Fsp3) is 1.00. The molecular weight excluding hydrogens is 232 g/mol. The highest BCUT2D eigenvalue weighted by Crippen LogP contribution is 2.32. The maximum atomic E-state index is 2.78. The molecule has 1 aliphatic carbocycles. The standard InChI is InChI=1S/C17H34N2/c1-14(2)15-6-8-16(9-7-15)18-10-12-19(13-11-18)17(3,4)5/h14-16H,6-13H2,1-5H3. The van der Waals surface area contributed by atoms with Gasteiger partial charge in [0.15, 0.2) is 0 Å². The Labute approximate surface area is 120 Å². The summed E-state index contributed by atoms with van der Waals surface area (Å²) in [5.41, 5.74) is 0.349. The molecule has 0 N–H and O–H groups in total. The predicted octanol–water partition coefficient (Wildman–Crippen LogP) is 3.62. The topological polar surface area (TPSA) is 6.48 Å². The zero-order valence-electron chi connectivity index (χ0n) is 13.8. The van der Waals surface area contributed by atoms with E-state index in [0.717, 1.165) is 17.9 Å². The van der Waals surface area contributed by atoms with Crippen molar-refractivity contribution in [2.75, 3.05) is 26.2 Å². The summed E-state index contributed by atoms with van der Waals surface area (Å²) in [6, 6.07) is 0.886. The molecule has 2 aliphatic rings. The van der Waals surface area contributed by atoms with Gasteiger partial charge < -0.3 is 0 Å². The van der Waals surface area contributed by atoms with Crippen molar-refractivity contribution in [3.63, 3.8) is 0 Å². The van der Waals surface area contributed by atoms with Gasteiger partial charge in [-0.05, 0) is 58.3 Å². The van der Waals surface area contributed by atoms with E-state index in [0.29, 0.717) is 5.54 Å². The maximum absolute atomic E-state index is 2.78. The molecule has 1 saturated heterocycles. The van der Waals surface area contributed by atoms with Crippen LogP contribution in [0, 0.1) is 11.8 Å². The second-order valence-corrected chi connectivity index (χ2v) is 8.01. The summed E-state index contributed by atoms with van der Waals surface area (Å²) in [6.45, 7) is 16.9. The van der Waals surface area contributed by atoms with Crippen molar-refractivity contribution < 1.29 is 0 Å². The molecule has 0 amide bonds. The van der Waals surface area contributed by atoms with Gasteiger partial charge in [0.05, 0.1) is 0 Å². The van der Waals surface area contributed by atoms with Crippen LogP contribution in [0.5, 0.6) is 0 Å². The van der Waals surface area contributed by atoms with Gasteiger partial charge >= 0.3 is 0 Å². The van der Waals surface area contributed by atoms with E-state index >= 15 is 0 Å². The molecule has 0 spiro atoms. The van der Waals surface area contributed by atoms with Gasteiger partial charge in [-0.15, -0.1) is 0 Å². The lowest BCUT2D eigenvalue weighted by Crippen LogP contribution is -2.56. The number of nitrogens with zero attached hydrogens (tertiary/aromatic N) is 2. The Balaban J connectivity index is 1.77. The van der Waals surface area contributed by atoms with Crippen LogP contribution in [0.25, 0.3) is 0 Å². The molecule has 0 aromatic heterocycles. The van der Waals surface area contributed by atoms with Crippen LogP contribution < -0.4 is 0 Å². The molecule has 0 radical (unpaired) electrons. The van der Waals surface area contributed by atoms with E-state index in [9.17, 15) is 0 Å². The molecule has 112 valence electrons. The van der Waals surface area contributed by atoms with Gasteiger partial charge in [-0.1, -0.05) is 13.8 Å². The molecule has 2 rings (SSSR count). The fourth-order valence-corrected chi connectivity index (χ4v) is 3.89. The maximum Gasteiger partial charge on any atom is 0.0126 e. The van der Waals surface area contributed by atoms with E-state index in [2.05, 4.69) is 44.4 Å². The molecule has 2 fully saturated rings. The Kier molecular flexibility index (Phi) is 4.94. The van der Waals surface area contributed by atoms with E-state index in [4.69, 9.17) is 0 Å². The second kappa shape index (κ2) is 6.13. The summed E-state index contributed by atoms with van der Waals surface area (Å²) in [6.07, 6.45) is 5.81. The zero-order valence-corrected chi connectivity index (χ0v) is 13.8. The largest absolute Gasteiger partial charge is 0.298 e. The lowest BCUT2D eigenvalue weighted by molar-refractivity contribution is 0.0267. The van der Waals surface area contributed by atoms with Crippen LogP contribution >= 0.6 is 0 Å². The predicted molar refractivity (Wildman–Crippen MR) is 83.5 cm³/mol. The monoisotopic (exact) mass is 266 g/mol. The number of hydrogen-bond donors (Lipinski definition) is 0. The van der Waals surface area contributed by atoms with Crippen LogP contribution in [0.1, 0.15) is 60.3 Å². The Hall–Kier alpha value is -0.0800. The lowest BCUT2D eigenvalue weighted by Gasteiger charge is -2.46. The SMILES string of the molecule is CC(C)C1CCC(N2CCN(C(C)(C)C)CC2)CC1. The third-order valence-electron chi connectivity index (χ3n) is 5.46. The van der Waals surface area contributed by atoms with Gasteiger partial charge in [0, 0.05) is 37.8 Å². The summed E-state index contributed by atoms with van der Waals surface area (Å²) < 4.78 is 0. The van der Waals surface area contributed by atoms with Gasteiger partial charge in [0.25, 0.3) is 0 Å². The van der Waals surface area contributed by atoms with Crippen LogP contribution in [0.15, 0.2) is 0 Å². The van der Waals surface area contributed by atoms with Crippen molar-refractivity contribution in [2.24, 2.45) is 11.8 Å². The lowest BCUT2D eigenvalue weighted by atomic mass is 9.79. The van der Waals surface area contributed by atoms with Gasteiger partial charge in [0.1, 0.15) is 0 Å². The quantitative estimate of drug-likeness (QED) is 0.753. The second-order valence-electron chi connectivity index (χ2n) is 8.01. The van der Waals surface area contributed by atoms with E-state index < -0.39 is 0 Å². The van der Waals surface area contributed by atoms with Gasteiger partial charge in [-0.3, -0.25) is 9.80 Å². The third-order valence-corrected chi connectivity index (χ3v) is 5.46. The minimum Gasteiger partial charge on any atom is -0.298 e. The number of hydrogen-bond acceptors (Lipinski definition) is 2. The molecule has 19 heavy (non-hydrogen) atoms. The molecule has 1 heterocycles. The Morgan fingerprint density at radius 3 is 1.79 bits per heavy atom. The highest BCUT2D eigenvalue weighted by molar-refractivity contribution is 4.87. The van der Waals surface area contributed by atoms with Gasteiger partial charge in [-0.25, -0.2) is 0 Å². The molecule has 2 heteroatoms. The average molecular weight is 266 g/mol. The summed E-state index contributed by atoms with van der Waals surface area (Å²) >= 11 is 0. The Bertz CT molecular complexity index is 263. The van der Waals surface area contributed by atoms with Crippen LogP contribution in [0.4, 0.5) is 0 Å². The molecule has 0 unspecified atom stereocenters. The molecular formula is C17H34N2. The van der Waals surface area contributed by atoms with Crippen LogP contribution in [-0.4, -0.2) is 47.6 Å². The van der Waals surface area contributed by atoms with Gasteiger partial charge in [0.2, 0.25) is 0 Å². The first-order valence-electron chi connectivity index (χ1n) is 8.37. The molecule has 2 nitrogen and oxygen atoms in total.